The molecule has 0 rings (SSSR count). The van der Waals surface area contributed by atoms with Gasteiger partial charge in [0, 0.05) is 13.0 Å². The predicted octanol–water partition coefficient (Wildman–Crippen LogP) is 0.905. The summed E-state index contributed by atoms with van der Waals surface area (Å²) in [5.41, 5.74) is 0. The zero-order valence-corrected chi connectivity index (χ0v) is 10.3. The van der Waals surface area contributed by atoms with E-state index in [4.69, 9.17) is 4.74 Å². The number of Topliss-reactive ketones (excluding diaryl/α,β-unsaturated/α-hetero) is 1. The predicted molar refractivity (Wildman–Crippen MR) is 60.7 cm³/mol. The smallest absolute Gasteiger partial charge is 0.264 e. The lowest BCUT2D eigenvalue weighted by Crippen LogP contribution is -2.13. The summed E-state index contributed by atoms with van der Waals surface area (Å²) in [5, 5.41) is 0. The van der Waals surface area contributed by atoms with E-state index >= 15 is 0 Å². The molecule has 0 atom stereocenters. The van der Waals surface area contributed by atoms with Crippen molar-refractivity contribution in [2.24, 2.45) is 0 Å². The van der Waals surface area contributed by atoms with Crippen LogP contribution in [0.1, 0.15) is 19.3 Å². The second-order valence-corrected chi connectivity index (χ2v) is 4.97. The van der Waals surface area contributed by atoms with Gasteiger partial charge in [0.1, 0.15) is 6.61 Å². The Balaban J connectivity index is 3.41. The van der Waals surface area contributed by atoms with Crippen molar-refractivity contribution >= 4 is 15.9 Å². The zero-order valence-electron chi connectivity index (χ0n) is 9.48. The topological polar surface area (TPSA) is 69.7 Å². The molecule has 0 bridgehead atoms. The Labute approximate surface area is 96.6 Å². The van der Waals surface area contributed by atoms with Crippen LogP contribution in [0.3, 0.4) is 0 Å². The highest BCUT2D eigenvalue weighted by Crippen LogP contribution is 1.99. The number of ketones is 1. The number of carbonyl (C=O) groups is 1. The van der Waals surface area contributed by atoms with E-state index in [2.05, 4.69) is 10.8 Å². The average Bonchev–Trinajstić information content (AvgIpc) is 2.19. The van der Waals surface area contributed by atoms with E-state index < -0.39 is 10.1 Å². The Morgan fingerprint density at radius 3 is 2.62 bits per heavy atom. The molecule has 5 nitrogen and oxygen atoms in total. The molecule has 0 spiro atoms. The minimum Gasteiger partial charge on any atom is -0.377 e. The molecular formula is C10H18O5S. The largest absolute Gasteiger partial charge is 0.377 e. The van der Waals surface area contributed by atoms with E-state index in [0.29, 0.717) is 26.1 Å². The maximum Gasteiger partial charge on any atom is 0.264 e. The normalized spacial score (nSPS) is 11.3. The van der Waals surface area contributed by atoms with E-state index in [9.17, 15) is 13.2 Å². The summed E-state index contributed by atoms with van der Waals surface area (Å²) >= 11 is 0. The molecule has 0 saturated carbocycles. The average molecular weight is 250 g/mol. The second kappa shape index (κ2) is 8.43. The molecule has 94 valence electrons. The Hall–Kier alpha value is -0.720. The Morgan fingerprint density at radius 1 is 1.38 bits per heavy atom. The number of unbranched alkanes of at least 4 members (excludes halogenated alkanes) is 1. The van der Waals surface area contributed by atoms with Gasteiger partial charge < -0.3 is 4.74 Å². The molecule has 0 saturated heterocycles. The van der Waals surface area contributed by atoms with Gasteiger partial charge in [-0.15, -0.1) is 6.58 Å². The highest BCUT2D eigenvalue weighted by molar-refractivity contribution is 7.86. The molecule has 0 aromatic heterocycles. The van der Waals surface area contributed by atoms with Crippen molar-refractivity contribution in [3.63, 3.8) is 0 Å². The van der Waals surface area contributed by atoms with Gasteiger partial charge in [-0.25, -0.2) is 0 Å². The SMILES string of the molecule is C=CCOCCCCC(=O)COS(C)(=O)=O. The summed E-state index contributed by atoms with van der Waals surface area (Å²) < 4.78 is 30.6. The molecule has 0 aliphatic carbocycles. The Bertz CT molecular complexity index is 307. The highest BCUT2D eigenvalue weighted by Gasteiger charge is 2.07. The summed E-state index contributed by atoms with van der Waals surface area (Å²) in [7, 11) is -3.52. The fraction of sp³-hybridized carbons (Fsp3) is 0.700. The minimum absolute atomic E-state index is 0.214. The van der Waals surface area contributed by atoms with E-state index in [0.717, 1.165) is 12.7 Å². The Morgan fingerprint density at radius 2 is 2.06 bits per heavy atom. The zero-order chi connectivity index (χ0) is 12.4. The molecule has 0 heterocycles. The molecule has 16 heavy (non-hydrogen) atoms. The molecule has 0 aromatic carbocycles. The van der Waals surface area contributed by atoms with Gasteiger partial charge in [-0.05, 0) is 12.8 Å². The molecule has 0 N–H and O–H groups in total. The third-order valence-corrected chi connectivity index (χ3v) is 2.21. The van der Waals surface area contributed by atoms with Gasteiger partial charge in [0.05, 0.1) is 12.9 Å². The Kier molecular flexibility index (Phi) is 8.05. The monoisotopic (exact) mass is 250 g/mol. The number of rotatable bonds is 10. The standard InChI is InChI=1S/C10H18O5S/c1-3-7-14-8-5-4-6-10(11)9-15-16(2,12)13/h3H,1,4-9H2,2H3. The molecule has 0 fully saturated rings. The van der Waals surface area contributed by atoms with Gasteiger partial charge in [0.15, 0.2) is 5.78 Å². The van der Waals surface area contributed by atoms with Crippen LogP contribution >= 0.6 is 0 Å². The lowest BCUT2D eigenvalue weighted by Gasteiger charge is -2.02. The van der Waals surface area contributed by atoms with Crippen LogP contribution in [0.15, 0.2) is 12.7 Å². The lowest BCUT2D eigenvalue weighted by atomic mass is 10.2. The first-order chi connectivity index (χ1) is 7.45. The lowest BCUT2D eigenvalue weighted by molar-refractivity contribution is -0.121. The van der Waals surface area contributed by atoms with Gasteiger partial charge in [0.2, 0.25) is 0 Å². The maximum atomic E-state index is 11.1. The van der Waals surface area contributed by atoms with Gasteiger partial charge >= 0.3 is 0 Å². The number of ether oxygens (including phenoxy) is 1. The minimum atomic E-state index is -3.52. The number of hydrogen-bond acceptors (Lipinski definition) is 5. The number of hydrogen-bond donors (Lipinski definition) is 0. The van der Waals surface area contributed by atoms with E-state index in [1.54, 1.807) is 6.08 Å². The number of carbonyl (C=O) groups excluding carboxylic acids is 1. The van der Waals surface area contributed by atoms with Gasteiger partial charge in [-0.2, -0.15) is 8.42 Å². The molecule has 0 unspecified atom stereocenters. The van der Waals surface area contributed by atoms with Crippen LogP contribution in [-0.2, 0) is 23.8 Å². The summed E-state index contributed by atoms with van der Waals surface area (Å²) in [6.45, 7) is 4.21. The van der Waals surface area contributed by atoms with Crippen molar-refractivity contribution in [1.82, 2.24) is 0 Å². The van der Waals surface area contributed by atoms with Crippen LogP contribution in [-0.4, -0.2) is 40.3 Å². The molecule has 0 aliphatic rings. The van der Waals surface area contributed by atoms with Crippen LogP contribution in [0.25, 0.3) is 0 Å². The molecule has 0 amide bonds. The molecule has 6 heteroatoms. The fourth-order valence-electron chi connectivity index (χ4n) is 0.938. The van der Waals surface area contributed by atoms with Crippen LogP contribution in [0.2, 0.25) is 0 Å². The molecular weight excluding hydrogens is 232 g/mol. The second-order valence-electron chi connectivity index (χ2n) is 3.33. The van der Waals surface area contributed by atoms with Crippen LogP contribution < -0.4 is 0 Å². The summed E-state index contributed by atoms with van der Waals surface area (Å²) in [4.78, 5) is 11.1. The highest BCUT2D eigenvalue weighted by atomic mass is 32.2. The van der Waals surface area contributed by atoms with Crippen LogP contribution in [0.4, 0.5) is 0 Å². The van der Waals surface area contributed by atoms with E-state index in [1.807, 2.05) is 0 Å². The first-order valence-electron chi connectivity index (χ1n) is 5.00. The molecule has 0 aliphatic heterocycles. The maximum absolute atomic E-state index is 11.1. The van der Waals surface area contributed by atoms with Gasteiger partial charge in [0.25, 0.3) is 10.1 Å². The summed E-state index contributed by atoms with van der Waals surface area (Å²) in [5.74, 6) is -0.214. The van der Waals surface area contributed by atoms with Crippen molar-refractivity contribution in [3.8, 4) is 0 Å². The third kappa shape index (κ3) is 11.4. The van der Waals surface area contributed by atoms with Crippen molar-refractivity contribution in [1.29, 1.82) is 0 Å². The fourth-order valence-corrected chi connectivity index (χ4v) is 1.28. The first-order valence-corrected chi connectivity index (χ1v) is 6.82. The van der Waals surface area contributed by atoms with Crippen LogP contribution in [0.5, 0.6) is 0 Å². The summed E-state index contributed by atoms with van der Waals surface area (Å²) in [6, 6.07) is 0. The molecule has 0 radical (unpaired) electrons. The van der Waals surface area contributed by atoms with Crippen LogP contribution in [0, 0.1) is 0 Å². The van der Waals surface area contributed by atoms with Crippen molar-refractivity contribution in [2.45, 2.75) is 19.3 Å². The van der Waals surface area contributed by atoms with Gasteiger partial charge in [-0.1, -0.05) is 6.08 Å². The van der Waals surface area contributed by atoms with Crippen molar-refractivity contribution in [3.05, 3.63) is 12.7 Å². The van der Waals surface area contributed by atoms with Gasteiger partial charge in [-0.3, -0.25) is 8.98 Å². The summed E-state index contributed by atoms with van der Waals surface area (Å²) in [6.07, 6.45) is 4.32. The van der Waals surface area contributed by atoms with Crippen molar-refractivity contribution in [2.75, 3.05) is 26.1 Å². The molecule has 0 aromatic rings. The van der Waals surface area contributed by atoms with E-state index in [1.165, 1.54) is 0 Å². The van der Waals surface area contributed by atoms with Crippen molar-refractivity contribution < 1.29 is 22.1 Å². The quantitative estimate of drug-likeness (QED) is 0.327. The van der Waals surface area contributed by atoms with E-state index in [-0.39, 0.29) is 12.4 Å². The first kappa shape index (κ1) is 15.3. The third-order valence-electron chi connectivity index (χ3n) is 1.66.